The Labute approximate surface area is 145 Å². The lowest BCUT2D eigenvalue weighted by atomic mass is 9.97. The molecule has 3 rings (SSSR count). The average molecular weight is 352 g/mol. The van der Waals surface area contributed by atoms with Gasteiger partial charge in [-0.3, -0.25) is 19.3 Å². The van der Waals surface area contributed by atoms with Gasteiger partial charge in [-0.1, -0.05) is 11.6 Å². The Kier molecular flexibility index (Phi) is 4.87. The van der Waals surface area contributed by atoms with Crippen molar-refractivity contribution in [2.75, 3.05) is 31.3 Å². The fourth-order valence-electron chi connectivity index (χ4n) is 3.33. The minimum atomic E-state index is -0.507. The number of nitrogens with one attached hydrogen (secondary N) is 1. The number of amides is 1. The van der Waals surface area contributed by atoms with Crippen LogP contribution in [-0.2, 0) is 14.3 Å². The first-order valence-corrected chi connectivity index (χ1v) is 8.55. The average Bonchev–Trinajstić information content (AvgIpc) is 2.80. The first kappa shape index (κ1) is 16.9. The summed E-state index contributed by atoms with van der Waals surface area (Å²) in [5, 5.41) is 0.444. The van der Waals surface area contributed by atoms with Crippen LogP contribution in [0, 0.1) is 5.92 Å². The lowest BCUT2D eigenvalue weighted by molar-refractivity contribution is -0.904. The van der Waals surface area contributed by atoms with Crippen molar-refractivity contribution in [1.29, 1.82) is 0 Å². The van der Waals surface area contributed by atoms with E-state index in [-0.39, 0.29) is 11.9 Å². The Morgan fingerprint density at radius 1 is 1.33 bits per heavy atom. The number of hydrogen-bond donors (Lipinski definition) is 1. The molecule has 0 atom stereocenters. The molecule has 1 aromatic rings. The monoisotopic (exact) mass is 351 g/mol. The maximum Gasteiger partial charge on any atom is 0.309 e. The molecule has 0 saturated carbocycles. The molecule has 24 heavy (non-hydrogen) atoms. The molecule has 1 saturated heterocycles. The van der Waals surface area contributed by atoms with Crippen LogP contribution in [0.1, 0.15) is 30.1 Å². The number of ketones is 1. The second kappa shape index (κ2) is 6.91. The van der Waals surface area contributed by atoms with Crippen LogP contribution >= 0.6 is 11.6 Å². The van der Waals surface area contributed by atoms with Gasteiger partial charge in [0.1, 0.15) is 0 Å². The molecule has 2 heterocycles. The Balaban J connectivity index is 1.65. The molecular weight excluding hydrogens is 332 g/mol. The number of Topliss-reactive ketones (excluding diaryl/α,β-unsaturated/α-hetero) is 1. The van der Waals surface area contributed by atoms with Gasteiger partial charge in [-0.15, -0.1) is 0 Å². The van der Waals surface area contributed by atoms with Crippen molar-refractivity contribution < 1.29 is 24.0 Å². The minimum Gasteiger partial charge on any atom is -0.466 e. The van der Waals surface area contributed by atoms with Crippen molar-refractivity contribution in [3.05, 3.63) is 28.8 Å². The number of nitrogens with zero attached hydrogens (tertiary/aromatic N) is 1. The summed E-state index contributed by atoms with van der Waals surface area (Å²) in [7, 11) is 0. The van der Waals surface area contributed by atoms with Gasteiger partial charge in [-0.2, -0.15) is 0 Å². The first-order chi connectivity index (χ1) is 11.5. The largest absolute Gasteiger partial charge is 0.466 e. The van der Waals surface area contributed by atoms with Crippen LogP contribution < -0.4 is 9.80 Å². The Morgan fingerprint density at radius 2 is 2.04 bits per heavy atom. The third-order valence-corrected chi connectivity index (χ3v) is 4.86. The molecule has 1 N–H and O–H groups in total. The van der Waals surface area contributed by atoms with E-state index in [9.17, 15) is 14.4 Å². The zero-order valence-electron chi connectivity index (χ0n) is 13.5. The summed E-state index contributed by atoms with van der Waals surface area (Å²) in [6.45, 7) is 4.16. The van der Waals surface area contributed by atoms with E-state index < -0.39 is 11.7 Å². The topological polar surface area (TPSA) is 68.1 Å². The Hall–Kier alpha value is -1.92. The third-order valence-electron chi connectivity index (χ3n) is 4.63. The fourth-order valence-corrected chi connectivity index (χ4v) is 3.51. The summed E-state index contributed by atoms with van der Waals surface area (Å²) in [4.78, 5) is 38.8. The van der Waals surface area contributed by atoms with E-state index in [0.717, 1.165) is 25.9 Å². The summed E-state index contributed by atoms with van der Waals surface area (Å²) in [5.74, 6) is -1.21. The van der Waals surface area contributed by atoms with Crippen LogP contribution in [0.2, 0.25) is 5.02 Å². The van der Waals surface area contributed by atoms with E-state index >= 15 is 0 Å². The summed E-state index contributed by atoms with van der Waals surface area (Å²) in [5.41, 5.74) is 0.989. The van der Waals surface area contributed by atoms with Crippen LogP contribution in [0.3, 0.4) is 0 Å². The van der Waals surface area contributed by atoms with E-state index in [4.69, 9.17) is 16.3 Å². The highest BCUT2D eigenvalue weighted by molar-refractivity contribution is 6.52. The standard InChI is InChI=1S/C17H19ClN2O4/c1-2-24-17(23)11-5-7-19(8-6-11)10-20-14-4-3-12(18)9-13(14)15(21)16(20)22/h3-4,9,11H,2,5-8,10H2,1H3/p+1. The molecule has 1 fully saturated rings. The number of benzene rings is 1. The highest BCUT2D eigenvalue weighted by Crippen LogP contribution is 2.30. The normalized spacial score (nSPS) is 23.3. The lowest BCUT2D eigenvalue weighted by Crippen LogP contribution is -3.14. The van der Waals surface area contributed by atoms with Gasteiger partial charge in [-0.25, -0.2) is 0 Å². The highest BCUT2D eigenvalue weighted by Gasteiger charge is 2.39. The number of quaternary nitrogens is 1. The van der Waals surface area contributed by atoms with Crippen LogP contribution in [0.25, 0.3) is 0 Å². The number of carbonyl (C=O) groups excluding carboxylic acids is 3. The van der Waals surface area contributed by atoms with Gasteiger partial charge in [0, 0.05) is 17.9 Å². The van der Waals surface area contributed by atoms with E-state index in [1.165, 1.54) is 9.80 Å². The van der Waals surface area contributed by atoms with Gasteiger partial charge < -0.3 is 9.64 Å². The van der Waals surface area contributed by atoms with Crippen molar-refractivity contribution in [3.8, 4) is 0 Å². The number of hydrogen-bond acceptors (Lipinski definition) is 4. The van der Waals surface area contributed by atoms with Gasteiger partial charge in [0.05, 0.1) is 36.9 Å². The zero-order valence-corrected chi connectivity index (χ0v) is 14.3. The second-order valence-corrected chi connectivity index (χ2v) is 6.59. The molecule has 0 bridgehead atoms. The molecule has 6 nitrogen and oxygen atoms in total. The molecule has 2 aliphatic heterocycles. The van der Waals surface area contributed by atoms with Crippen LogP contribution in [0.4, 0.5) is 5.69 Å². The van der Waals surface area contributed by atoms with Crippen molar-refractivity contribution in [1.82, 2.24) is 0 Å². The third kappa shape index (κ3) is 3.16. The first-order valence-electron chi connectivity index (χ1n) is 8.17. The summed E-state index contributed by atoms with van der Waals surface area (Å²) >= 11 is 5.92. The van der Waals surface area contributed by atoms with E-state index in [1.807, 2.05) is 0 Å². The maximum atomic E-state index is 12.3. The quantitative estimate of drug-likeness (QED) is 0.640. The number of ether oxygens (including phenoxy) is 1. The molecule has 0 radical (unpaired) electrons. The van der Waals surface area contributed by atoms with Gasteiger partial charge in [0.25, 0.3) is 5.78 Å². The van der Waals surface area contributed by atoms with Gasteiger partial charge in [-0.05, 0) is 25.1 Å². The van der Waals surface area contributed by atoms with Crippen LogP contribution in [-0.4, -0.2) is 44.0 Å². The molecule has 0 aliphatic carbocycles. The van der Waals surface area contributed by atoms with Crippen molar-refractivity contribution in [3.63, 3.8) is 0 Å². The predicted octanol–water partition coefficient (Wildman–Crippen LogP) is 0.685. The molecule has 1 aromatic carbocycles. The van der Waals surface area contributed by atoms with Crippen LogP contribution in [0.5, 0.6) is 0 Å². The van der Waals surface area contributed by atoms with Gasteiger partial charge in [0.2, 0.25) is 0 Å². The second-order valence-electron chi connectivity index (χ2n) is 6.16. The summed E-state index contributed by atoms with van der Waals surface area (Å²) in [6.07, 6.45) is 1.47. The van der Waals surface area contributed by atoms with Crippen molar-refractivity contribution in [2.45, 2.75) is 19.8 Å². The highest BCUT2D eigenvalue weighted by atomic mass is 35.5. The van der Waals surface area contributed by atoms with Gasteiger partial charge >= 0.3 is 11.9 Å². The minimum absolute atomic E-state index is 0.0595. The molecule has 128 valence electrons. The smallest absolute Gasteiger partial charge is 0.309 e. The number of piperidine rings is 1. The van der Waals surface area contributed by atoms with E-state index in [2.05, 4.69) is 0 Å². The number of anilines is 1. The molecule has 0 aromatic heterocycles. The number of rotatable bonds is 4. The molecule has 7 heteroatoms. The molecular formula is C17H20ClN2O4+. The number of esters is 1. The zero-order chi connectivity index (χ0) is 17.3. The number of halogens is 1. The van der Waals surface area contributed by atoms with E-state index in [0.29, 0.717) is 29.5 Å². The van der Waals surface area contributed by atoms with Crippen molar-refractivity contribution >= 4 is 34.9 Å². The number of carbonyl (C=O) groups is 3. The molecule has 1 amide bonds. The fraction of sp³-hybridized carbons (Fsp3) is 0.471. The summed E-state index contributed by atoms with van der Waals surface area (Å²) in [6, 6.07) is 4.94. The molecule has 0 unspecified atom stereocenters. The van der Waals surface area contributed by atoms with E-state index in [1.54, 1.807) is 25.1 Å². The lowest BCUT2D eigenvalue weighted by Gasteiger charge is -2.30. The van der Waals surface area contributed by atoms with Gasteiger partial charge in [0.15, 0.2) is 6.67 Å². The maximum absolute atomic E-state index is 12.3. The summed E-state index contributed by atoms with van der Waals surface area (Å²) < 4.78 is 5.07. The molecule has 2 aliphatic rings. The van der Waals surface area contributed by atoms with Crippen molar-refractivity contribution in [2.24, 2.45) is 5.92 Å². The Bertz CT molecular complexity index is 683. The SMILES string of the molecule is CCOC(=O)C1CC[NH+](CN2C(=O)C(=O)c3cc(Cl)ccc32)CC1. The predicted molar refractivity (Wildman–Crippen MR) is 88.2 cm³/mol. The number of likely N-dealkylation sites (tertiary alicyclic amines) is 1. The Morgan fingerprint density at radius 3 is 2.71 bits per heavy atom. The number of fused-ring (bicyclic) bond motifs is 1. The van der Waals surface area contributed by atoms with Crippen LogP contribution in [0.15, 0.2) is 18.2 Å². The molecule has 0 spiro atoms.